The molecule has 0 spiro atoms. The quantitative estimate of drug-likeness (QED) is 0.819. The molecule has 98 valence electrons. The highest BCUT2D eigenvalue weighted by molar-refractivity contribution is 7.89. The lowest BCUT2D eigenvalue weighted by Crippen LogP contribution is -2.34. The number of aryl methyl sites for hydroxylation is 1. The maximum atomic E-state index is 12.1. The molecule has 0 heterocycles. The summed E-state index contributed by atoms with van der Waals surface area (Å²) in [5, 5.41) is 7.91. The van der Waals surface area contributed by atoms with E-state index in [0.29, 0.717) is 13.0 Å². The van der Waals surface area contributed by atoms with Crippen molar-refractivity contribution in [2.45, 2.75) is 32.1 Å². The summed E-state index contributed by atoms with van der Waals surface area (Å²) in [7, 11) is -2.03. The maximum absolute atomic E-state index is 12.1. The Morgan fingerprint density at radius 3 is 2.50 bits per heavy atom. The zero-order valence-electron chi connectivity index (χ0n) is 10.9. The molecule has 18 heavy (non-hydrogen) atoms. The van der Waals surface area contributed by atoms with Crippen molar-refractivity contribution in [3.63, 3.8) is 0 Å². The first-order valence-electron chi connectivity index (χ1n) is 5.82. The molecule has 0 N–H and O–H groups in total. The first kappa shape index (κ1) is 14.7. The van der Waals surface area contributed by atoms with Crippen LogP contribution in [0.3, 0.4) is 0 Å². The molecule has 0 saturated heterocycles. The number of nitrogens with zero attached hydrogens (tertiary/aromatic N) is 2. The van der Waals surface area contributed by atoms with Gasteiger partial charge in [-0.05, 0) is 24.5 Å². The first-order chi connectivity index (χ1) is 8.43. The Bertz CT molecular complexity index is 546. The third-order valence-corrected chi connectivity index (χ3v) is 5.12. The molecule has 1 atom stereocenters. The van der Waals surface area contributed by atoms with Crippen molar-refractivity contribution >= 4 is 10.0 Å². The summed E-state index contributed by atoms with van der Waals surface area (Å²) in [5.74, 6) is 0. The number of hydrogen-bond acceptors (Lipinski definition) is 3. The van der Waals surface area contributed by atoms with Crippen molar-refractivity contribution in [3.05, 3.63) is 35.4 Å². The van der Waals surface area contributed by atoms with E-state index in [1.807, 2.05) is 37.3 Å². The van der Waals surface area contributed by atoms with Gasteiger partial charge in [-0.25, -0.2) is 8.42 Å². The molecule has 1 unspecified atom stereocenters. The molecule has 0 fully saturated rings. The highest BCUT2D eigenvalue weighted by Crippen LogP contribution is 2.15. The third kappa shape index (κ3) is 3.09. The minimum Gasteiger partial charge on any atom is -0.211 e. The van der Waals surface area contributed by atoms with Gasteiger partial charge >= 0.3 is 0 Å². The van der Waals surface area contributed by atoms with Crippen LogP contribution in [0.2, 0.25) is 0 Å². The Labute approximate surface area is 109 Å². The predicted octanol–water partition coefficient (Wildman–Crippen LogP) is 2.06. The summed E-state index contributed by atoms with van der Waals surface area (Å²) < 4.78 is 25.5. The van der Waals surface area contributed by atoms with E-state index >= 15 is 0 Å². The largest absolute Gasteiger partial charge is 0.230 e. The van der Waals surface area contributed by atoms with Crippen LogP contribution in [-0.2, 0) is 16.6 Å². The second kappa shape index (κ2) is 5.98. The van der Waals surface area contributed by atoms with E-state index in [2.05, 4.69) is 0 Å². The van der Waals surface area contributed by atoms with Crippen molar-refractivity contribution < 1.29 is 8.42 Å². The van der Waals surface area contributed by atoms with Crippen molar-refractivity contribution in [1.82, 2.24) is 4.31 Å². The van der Waals surface area contributed by atoms with Gasteiger partial charge in [0, 0.05) is 13.6 Å². The lowest BCUT2D eigenvalue weighted by atomic mass is 10.1. The van der Waals surface area contributed by atoms with Crippen LogP contribution in [0, 0.1) is 18.3 Å². The smallest absolute Gasteiger partial charge is 0.211 e. The van der Waals surface area contributed by atoms with Crippen LogP contribution in [0.4, 0.5) is 0 Å². The predicted molar refractivity (Wildman–Crippen MR) is 71.3 cm³/mol. The van der Waals surface area contributed by atoms with E-state index in [1.54, 1.807) is 6.92 Å². The van der Waals surface area contributed by atoms with E-state index < -0.39 is 15.3 Å². The van der Waals surface area contributed by atoms with Gasteiger partial charge in [0.1, 0.15) is 0 Å². The zero-order chi connectivity index (χ0) is 13.8. The van der Waals surface area contributed by atoms with E-state index in [1.165, 1.54) is 11.4 Å². The summed E-state index contributed by atoms with van der Waals surface area (Å²) in [6.45, 7) is 3.94. The SMILES string of the molecule is CCC(C#N)S(=O)(=O)N(C)Cc1ccccc1C. The average molecular weight is 266 g/mol. The third-order valence-electron chi connectivity index (χ3n) is 2.96. The van der Waals surface area contributed by atoms with Crippen LogP contribution < -0.4 is 0 Å². The van der Waals surface area contributed by atoms with Crippen LogP contribution in [0.1, 0.15) is 24.5 Å². The fourth-order valence-electron chi connectivity index (χ4n) is 1.70. The molecule has 0 aliphatic heterocycles. The summed E-state index contributed by atoms with van der Waals surface area (Å²) in [6, 6.07) is 9.48. The molecule has 1 aromatic carbocycles. The fourth-order valence-corrected chi connectivity index (χ4v) is 3.01. The lowest BCUT2D eigenvalue weighted by molar-refractivity contribution is 0.459. The normalized spacial score (nSPS) is 13.3. The molecule has 4 nitrogen and oxygen atoms in total. The Hall–Kier alpha value is -1.38. The van der Waals surface area contributed by atoms with Crippen LogP contribution in [-0.4, -0.2) is 25.0 Å². The van der Waals surface area contributed by atoms with Gasteiger partial charge in [-0.1, -0.05) is 31.2 Å². The summed E-state index contributed by atoms with van der Waals surface area (Å²) in [5.41, 5.74) is 2.00. The van der Waals surface area contributed by atoms with Gasteiger partial charge < -0.3 is 0 Å². The molecule has 0 aromatic heterocycles. The lowest BCUT2D eigenvalue weighted by Gasteiger charge is -2.20. The van der Waals surface area contributed by atoms with Gasteiger partial charge in [0.25, 0.3) is 0 Å². The Morgan fingerprint density at radius 1 is 1.39 bits per heavy atom. The molecule has 0 radical (unpaired) electrons. The van der Waals surface area contributed by atoms with Crippen molar-refractivity contribution in [2.24, 2.45) is 0 Å². The summed E-state index contributed by atoms with van der Waals surface area (Å²) in [6.07, 6.45) is 0.303. The summed E-state index contributed by atoms with van der Waals surface area (Å²) >= 11 is 0. The monoisotopic (exact) mass is 266 g/mol. The van der Waals surface area contributed by atoms with E-state index in [9.17, 15) is 8.42 Å². The second-order valence-electron chi connectivity index (χ2n) is 4.25. The van der Waals surface area contributed by atoms with Gasteiger partial charge in [0.15, 0.2) is 5.25 Å². The Morgan fingerprint density at radius 2 is 2.00 bits per heavy atom. The minimum absolute atomic E-state index is 0.299. The molecule has 0 bridgehead atoms. The van der Waals surface area contributed by atoms with Crippen molar-refractivity contribution in [3.8, 4) is 6.07 Å². The van der Waals surface area contributed by atoms with Gasteiger partial charge in [0.2, 0.25) is 10.0 Å². The van der Waals surface area contributed by atoms with Gasteiger partial charge in [0.05, 0.1) is 6.07 Å². The zero-order valence-corrected chi connectivity index (χ0v) is 11.7. The number of sulfonamides is 1. The van der Waals surface area contributed by atoms with Crippen molar-refractivity contribution in [2.75, 3.05) is 7.05 Å². The first-order valence-corrected chi connectivity index (χ1v) is 7.33. The van der Waals surface area contributed by atoms with Crippen LogP contribution in [0.15, 0.2) is 24.3 Å². The molecule has 1 aromatic rings. The fraction of sp³-hybridized carbons (Fsp3) is 0.462. The molecule has 0 aliphatic rings. The molecule has 1 rings (SSSR count). The average Bonchev–Trinajstić information content (AvgIpc) is 2.33. The van der Waals surface area contributed by atoms with E-state index in [0.717, 1.165) is 11.1 Å². The van der Waals surface area contributed by atoms with Crippen LogP contribution in [0.25, 0.3) is 0 Å². The minimum atomic E-state index is -3.54. The number of rotatable bonds is 5. The van der Waals surface area contributed by atoms with Crippen LogP contribution in [0.5, 0.6) is 0 Å². The Balaban J connectivity index is 2.93. The number of benzene rings is 1. The standard InChI is InChI=1S/C13H18N2O2S/c1-4-13(9-14)18(16,17)15(3)10-12-8-6-5-7-11(12)2/h5-8,13H,4,10H2,1-3H3. The van der Waals surface area contributed by atoms with Crippen molar-refractivity contribution in [1.29, 1.82) is 5.26 Å². The van der Waals surface area contributed by atoms with E-state index in [-0.39, 0.29) is 0 Å². The highest BCUT2D eigenvalue weighted by Gasteiger charge is 2.28. The highest BCUT2D eigenvalue weighted by atomic mass is 32.2. The van der Waals surface area contributed by atoms with Gasteiger partial charge in [-0.3, -0.25) is 0 Å². The molecule has 5 heteroatoms. The van der Waals surface area contributed by atoms with Gasteiger partial charge in [-0.2, -0.15) is 9.57 Å². The maximum Gasteiger partial charge on any atom is 0.230 e. The Kier molecular flexibility index (Phi) is 4.88. The van der Waals surface area contributed by atoms with E-state index in [4.69, 9.17) is 5.26 Å². The van der Waals surface area contributed by atoms with Crippen LogP contribution >= 0.6 is 0 Å². The number of nitriles is 1. The topological polar surface area (TPSA) is 61.2 Å². The second-order valence-corrected chi connectivity index (χ2v) is 6.48. The number of hydrogen-bond donors (Lipinski definition) is 0. The molecular weight excluding hydrogens is 248 g/mol. The molecule has 0 aliphatic carbocycles. The molecule has 0 saturated carbocycles. The summed E-state index contributed by atoms with van der Waals surface area (Å²) in [4.78, 5) is 0. The molecule has 0 amide bonds. The van der Waals surface area contributed by atoms with Gasteiger partial charge in [-0.15, -0.1) is 0 Å². The molecular formula is C13H18N2O2S.